The second-order valence-electron chi connectivity index (χ2n) is 6.91. The fourth-order valence-corrected chi connectivity index (χ4v) is 3.64. The third-order valence-electron chi connectivity index (χ3n) is 4.33. The van der Waals surface area contributed by atoms with Crippen LogP contribution in [-0.4, -0.2) is 31.9 Å². The van der Waals surface area contributed by atoms with Gasteiger partial charge in [0.15, 0.2) is 0 Å². The summed E-state index contributed by atoms with van der Waals surface area (Å²) in [6.07, 6.45) is -0.233. The third-order valence-corrected chi connectivity index (χ3v) is 4.33. The van der Waals surface area contributed by atoms with Gasteiger partial charge in [-0.1, -0.05) is 0 Å². The van der Waals surface area contributed by atoms with Crippen LogP contribution in [0.1, 0.15) is 60.1 Å². The normalized spacial score (nSPS) is 15.3. The maximum atomic E-state index is 11.1. The van der Waals surface area contributed by atoms with Crippen LogP contribution in [0.4, 0.5) is 0 Å². The number of hydrogen-bond acceptors (Lipinski definition) is 2. The second kappa shape index (κ2) is 7.39. The first-order valence-electron chi connectivity index (χ1n) is 7.84. The average Bonchev–Trinajstić information content (AvgIpc) is 2.81. The van der Waals surface area contributed by atoms with Crippen molar-refractivity contribution in [3.63, 3.8) is 0 Å². The Kier molecular flexibility index (Phi) is 6.50. The van der Waals surface area contributed by atoms with Crippen LogP contribution in [0.15, 0.2) is 12.1 Å². The van der Waals surface area contributed by atoms with Crippen molar-refractivity contribution in [2.24, 2.45) is 0 Å². The molecule has 2 unspecified atom stereocenters. The van der Waals surface area contributed by atoms with Crippen LogP contribution in [0, 0.1) is 27.7 Å². The molecule has 0 aliphatic heterocycles. The van der Waals surface area contributed by atoms with E-state index in [0.29, 0.717) is 6.42 Å². The van der Waals surface area contributed by atoms with Crippen molar-refractivity contribution in [3.05, 3.63) is 46.0 Å². The Morgan fingerprint density at radius 3 is 1.65 bits per heavy atom. The molecule has 0 fully saturated rings. The maximum Gasteiger partial charge on any atom is 0.0754 e. The number of rotatable bonds is 5. The molecule has 4 N–H and O–H groups in total. The van der Waals surface area contributed by atoms with Crippen molar-refractivity contribution in [1.82, 2.24) is 9.97 Å². The van der Waals surface area contributed by atoms with E-state index in [4.69, 9.17) is 0 Å². The Balaban J connectivity index is 0.00000264. The Hall–Kier alpha value is -0.806. The average molecular weight is 352 g/mol. The molecular formula is C18H28N2O2Ti. The smallest absolute Gasteiger partial charge is 0.0754 e. The molecule has 4 nitrogen and oxygen atoms in total. The summed E-state index contributed by atoms with van der Waals surface area (Å²) >= 11 is 0. The van der Waals surface area contributed by atoms with Crippen molar-refractivity contribution in [2.45, 2.75) is 65.6 Å². The summed E-state index contributed by atoms with van der Waals surface area (Å²) in [5, 5.41) is 20.9. The van der Waals surface area contributed by atoms with Gasteiger partial charge in [-0.15, -0.1) is 0 Å². The molecule has 2 heterocycles. The Morgan fingerprint density at radius 1 is 1.00 bits per heavy atom. The Bertz CT molecular complexity index is 610. The minimum Gasteiger partial charge on any atom is -0.393 e. The van der Waals surface area contributed by atoms with Crippen LogP contribution in [-0.2, 0) is 21.7 Å². The van der Waals surface area contributed by atoms with Gasteiger partial charge in [-0.3, -0.25) is 0 Å². The number of aromatic nitrogens is 2. The molecule has 0 radical (unpaired) electrons. The van der Waals surface area contributed by atoms with Crippen molar-refractivity contribution in [3.8, 4) is 0 Å². The van der Waals surface area contributed by atoms with Crippen LogP contribution in [0.25, 0.3) is 0 Å². The molecule has 0 aromatic carbocycles. The second-order valence-corrected chi connectivity index (χ2v) is 6.91. The number of aromatic amines is 2. The molecule has 0 bridgehead atoms. The van der Waals surface area contributed by atoms with Crippen molar-refractivity contribution >= 4 is 0 Å². The van der Waals surface area contributed by atoms with Gasteiger partial charge in [-0.05, 0) is 64.8 Å². The molecule has 5 heteroatoms. The number of aliphatic hydroxyl groups excluding tert-OH is 1. The summed E-state index contributed by atoms with van der Waals surface area (Å²) in [5.41, 5.74) is 5.42. The van der Waals surface area contributed by atoms with Crippen LogP contribution >= 0.6 is 0 Å². The van der Waals surface area contributed by atoms with E-state index < -0.39 is 11.7 Å². The van der Waals surface area contributed by atoms with E-state index in [1.54, 1.807) is 6.92 Å². The number of aliphatic hydroxyl groups is 2. The molecule has 23 heavy (non-hydrogen) atoms. The van der Waals surface area contributed by atoms with Gasteiger partial charge in [0.05, 0.1) is 11.7 Å². The van der Waals surface area contributed by atoms with Gasteiger partial charge in [-0.25, -0.2) is 0 Å². The predicted octanol–water partition coefficient (Wildman–Crippen LogP) is 3.23. The quantitative estimate of drug-likeness (QED) is 0.624. The third kappa shape index (κ3) is 4.39. The summed E-state index contributed by atoms with van der Waals surface area (Å²) in [6.45, 7) is 11.6. The molecule has 2 aromatic rings. The fraction of sp³-hybridized carbons (Fsp3) is 0.556. The van der Waals surface area contributed by atoms with E-state index in [0.717, 1.165) is 33.9 Å². The maximum absolute atomic E-state index is 11.1. The molecular weight excluding hydrogens is 324 g/mol. The van der Waals surface area contributed by atoms with Gasteiger partial charge in [0.25, 0.3) is 0 Å². The molecule has 2 aromatic heterocycles. The minimum atomic E-state index is -1.03. The van der Waals surface area contributed by atoms with E-state index in [1.807, 2.05) is 34.6 Å². The molecule has 0 saturated carbocycles. The number of aryl methyl sites for hydroxylation is 4. The molecule has 0 spiro atoms. The van der Waals surface area contributed by atoms with Gasteiger partial charge in [-0.2, -0.15) is 0 Å². The van der Waals surface area contributed by atoms with E-state index in [-0.39, 0.29) is 27.6 Å². The number of hydrogen-bond donors (Lipinski definition) is 4. The predicted molar refractivity (Wildman–Crippen MR) is 89.3 cm³/mol. The van der Waals surface area contributed by atoms with Crippen molar-refractivity contribution < 1.29 is 31.9 Å². The van der Waals surface area contributed by atoms with Gasteiger partial charge < -0.3 is 20.2 Å². The number of nitrogens with one attached hydrogen (secondary N) is 2. The van der Waals surface area contributed by atoms with Crippen molar-refractivity contribution in [2.75, 3.05) is 0 Å². The van der Waals surface area contributed by atoms with Gasteiger partial charge in [0, 0.05) is 56.8 Å². The summed E-state index contributed by atoms with van der Waals surface area (Å²) in [4.78, 5) is 6.65. The largest absolute Gasteiger partial charge is 0.393 e. The molecule has 126 valence electrons. The van der Waals surface area contributed by atoms with Gasteiger partial charge in [0.1, 0.15) is 0 Å². The summed E-state index contributed by atoms with van der Waals surface area (Å²) in [5.74, 6) is -0.183. The monoisotopic (exact) mass is 352 g/mol. The van der Waals surface area contributed by atoms with Crippen LogP contribution < -0.4 is 0 Å². The van der Waals surface area contributed by atoms with E-state index in [2.05, 4.69) is 22.1 Å². The molecule has 0 amide bonds. The summed E-state index contributed by atoms with van der Waals surface area (Å²) in [6, 6.07) is 4.19. The van der Waals surface area contributed by atoms with E-state index in [9.17, 15) is 10.2 Å². The van der Waals surface area contributed by atoms with Crippen LogP contribution in [0.5, 0.6) is 0 Å². The first-order chi connectivity index (χ1) is 10.1. The molecule has 2 atom stereocenters. The first-order valence-corrected chi connectivity index (χ1v) is 7.84. The summed E-state index contributed by atoms with van der Waals surface area (Å²) in [7, 11) is 0. The minimum absolute atomic E-state index is 0. The van der Waals surface area contributed by atoms with Crippen molar-refractivity contribution in [1.29, 1.82) is 0 Å². The van der Waals surface area contributed by atoms with Gasteiger partial charge >= 0.3 is 0 Å². The molecule has 0 aliphatic rings. The number of H-pyrrole nitrogens is 2. The van der Waals surface area contributed by atoms with Crippen LogP contribution in [0.2, 0.25) is 0 Å². The Labute approximate surface area is 153 Å². The topological polar surface area (TPSA) is 72.0 Å². The molecule has 0 aliphatic carbocycles. The summed E-state index contributed by atoms with van der Waals surface area (Å²) < 4.78 is 0. The first kappa shape index (κ1) is 20.2. The zero-order chi connectivity index (χ0) is 16.7. The Morgan fingerprint density at radius 2 is 1.39 bits per heavy atom. The standard InChI is InChI=1S/C18H28N2O2.Ti/c1-10-7-15(13(4)19-10)17(18(6,22)9-12(3)21)16-8-11(2)20-14(16)5;/h7-8,12,17,19-22H,9H2,1-6H3;. The zero-order valence-electron chi connectivity index (χ0n) is 14.9. The molecule has 2 rings (SSSR count). The fourth-order valence-electron chi connectivity index (χ4n) is 3.64. The van der Waals surface area contributed by atoms with Gasteiger partial charge in [0.2, 0.25) is 0 Å². The van der Waals surface area contributed by atoms with E-state index >= 15 is 0 Å². The molecule has 0 saturated heterocycles. The SMILES string of the molecule is Cc1cc(C(c2cc(C)[nH]c2C)C(C)(O)CC(C)O)c(C)[nH]1.[Ti]. The zero-order valence-corrected chi connectivity index (χ0v) is 16.5. The van der Waals surface area contributed by atoms with Crippen LogP contribution in [0.3, 0.4) is 0 Å². The van der Waals surface area contributed by atoms with E-state index in [1.165, 1.54) is 0 Å².